The molecule has 0 aliphatic heterocycles. The zero-order valence-corrected chi connectivity index (χ0v) is 13.5. The molecule has 2 aromatic carbocycles. The second kappa shape index (κ2) is 6.22. The van der Waals surface area contributed by atoms with Gasteiger partial charge >= 0.3 is 0 Å². The van der Waals surface area contributed by atoms with Gasteiger partial charge in [-0.1, -0.05) is 42.5 Å². The van der Waals surface area contributed by atoms with Crippen molar-refractivity contribution in [3.63, 3.8) is 0 Å². The SMILES string of the molecule is O=C(Nc1nc(-c2ccc3ccccc3c2)cs1)c1ccccn1. The first-order chi connectivity index (χ1) is 11.8. The fourth-order valence-electron chi connectivity index (χ4n) is 2.47. The molecule has 0 aliphatic rings. The topological polar surface area (TPSA) is 54.9 Å². The molecule has 0 saturated carbocycles. The van der Waals surface area contributed by atoms with Gasteiger partial charge in [-0.3, -0.25) is 15.1 Å². The average Bonchev–Trinajstić information content (AvgIpc) is 3.10. The second-order valence-corrected chi connectivity index (χ2v) is 6.13. The molecule has 0 unspecified atom stereocenters. The average molecular weight is 331 g/mol. The molecule has 0 aliphatic carbocycles. The molecular formula is C19H13N3OS. The van der Waals surface area contributed by atoms with Crippen LogP contribution in [0.5, 0.6) is 0 Å². The van der Waals surface area contributed by atoms with Crippen molar-refractivity contribution in [2.45, 2.75) is 0 Å². The second-order valence-electron chi connectivity index (χ2n) is 5.27. The molecule has 0 spiro atoms. The van der Waals surface area contributed by atoms with Crippen LogP contribution in [-0.2, 0) is 0 Å². The van der Waals surface area contributed by atoms with Crippen LogP contribution in [0.2, 0.25) is 0 Å². The molecule has 0 atom stereocenters. The molecule has 1 N–H and O–H groups in total. The summed E-state index contributed by atoms with van der Waals surface area (Å²) in [6.45, 7) is 0. The number of fused-ring (bicyclic) bond motifs is 1. The summed E-state index contributed by atoms with van der Waals surface area (Å²) in [7, 11) is 0. The van der Waals surface area contributed by atoms with E-state index in [0.29, 0.717) is 10.8 Å². The summed E-state index contributed by atoms with van der Waals surface area (Å²) in [6.07, 6.45) is 1.59. The zero-order valence-electron chi connectivity index (χ0n) is 12.6. The lowest BCUT2D eigenvalue weighted by Gasteiger charge is -2.01. The molecule has 0 bridgehead atoms. The maximum Gasteiger partial charge on any atom is 0.276 e. The van der Waals surface area contributed by atoms with Gasteiger partial charge in [0.15, 0.2) is 5.13 Å². The fourth-order valence-corrected chi connectivity index (χ4v) is 3.19. The summed E-state index contributed by atoms with van der Waals surface area (Å²) in [5, 5.41) is 7.66. The van der Waals surface area contributed by atoms with Gasteiger partial charge in [0, 0.05) is 17.1 Å². The predicted octanol–water partition coefficient (Wildman–Crippen LogP) is 4.61. The number of hydrogen-bond acceptors (Lipinski definition) is 4. The smallest absolute Gasteiger partial charge is 0.276 e. The van der Waals surface area contributed by atoms with Crippen LogP contribution in [0.1, 0.15) is 10.5 Å². The van der Waals surface area contributed by atoms with Gasteiger partial charge in [0.25, 0.3) is 5.91 Å². The highest BCUT2D eigenvalue weighted by Gasteiger charge is 2.10. The van der Waals surface area contributed by atoms with Crippen LogP contribution in [0, 0.1) is 0 Å². The van der Waals surface area contributed by atoms with Crippen LogP contribution in [-0.4, -0.2) is 15.9 Å². The van der Waals surface area contributed by atoms with Crippen molar-refractivity contribution in [3.8, 4) is 11.3 Å². The van der Waals surface area contributed by atoms with Crippen LogP contribution in [0.25, 0.3) is 22.0 Å². The van der Waals surface area contributed by atoms with Gasteiger partial charge in [0.2, 0.25) is 0 Å². The van der Waals surface area contributed by atoms with E-state index < -0.39 is 0 Å². The third kappa shape index (κ3) is 2.89. The van der Waals surface area contributed by atoms with E-state index in [2.05, 4.69) is 39.6 Å². The molecule has 24 heavy (non-hydrogen) atoms. The number of pyridine rings is 1. The van der Waals surface area contributed by atoms with Gasteiger partial charge < -0.3 is 0 Å². The minimum absolute atomic E-state index is 0.255. The molecule has 2 heterocycles. The van der Waals surface area contributed by atoms with Crippen LogP contribution in [0.3, 0.4) is 0 Å². The number of nitrogens with one attached hydrogen (secondary N) is 1. The molecule has 4 aromatic rings. The fraction of sp³-hybridized carbons (Fsp3) is 0. The number of thiazole rings is 1. The lowest BCUT2D eigenvalue weighted by Crippen LogP contribution is -2.13. The monoisotopic (exact) mass is 331 g/mol. The van der Waals surface area contributed by atoms with Gasteiger partial charge in [-0.05, 0) is 29.0 Å². The normalized spacial score (nSPS) is 10.7. The van der Waals surface area contributed by atoms with E-state index in [-0.39, 0.29) is 5.91 Å². The van der Waals surface area contributed by atoms with Gasteiger partial charge in [-0.2, -0.15) is 0 Å². The Kier molecular flexibility index (Phi) is 3.76. The van der Waals surface area contributed by atoms with E-state index in [9.17, 15) is 4.79 Å². The summed E-state index contributed by atoms with van der Waals surface area (Å²) < 4.78 is 0. The van der Waals surface area contributed by atoms with E-state index in [1.807, 2.05) is 23.6 Å². The van der Waals surface area contributed by atoms with Crippen LogP contribution in [0.15, 0.2) is 72.2 Å². The van der Waals surface area contributed by atoms with Crippen LogP contribution >= 0.6 is 11.3 Å². The number of amides is 1. The van der Waals surface area contributed by atoms with E-state index in [0.717, 1.165) is 11.3 Å². The summed E-state index contributed by atoms with van der Waals surface area (Å²) in [4.78, 5) is 20.7. The van der Waals surface area contributed by atoms with Gasteiger partial charge in [-0.15, -0.1) is 11.3 Å². The Morgan fingerprint density at radius 1 is 0.958 bits per heavy atom. The van der Waals surface area contributed by atoms with Crippen molar-refractivity contribution < 1.29 is 4.79 Å². The molecule has 116 valence electrons. The number of aromatic nitrogens is 2. The van der Waals surface area contributed by atoms with Crippen molar-refractivity contribution in [2.24, 2.45) is 0 Å². The molecular weight excluding hydrogens is 318 g/mol. The minimum atomic E-state index is -0.255. The van der Waals surface area contributed by atoms with Crippen molar-refractivity contribution in [2.75, 3.05) is 5.32 Å². The Hall–Kier alpha value is -3.05. The van der Waals surface area contributed by atoms with E-state index in [1.165, 1.54) is 22.1 Å². The lowest BCUT2D eigenvalue weighted by atomic mass is 10.1. The Morgan fingerprint density at radius 2 is 1.79 bits per heavy atom. The van der Waals surface area contributed by atoms with Crippen LogP contribution < -0.4 is 5.32 Å². The van der Waals surface area contributed by atoms with E-state index in [4.69, 9.17) is 0 Å². The maximum atomic E-state index is 12.1. The number of benzene rings is 2. The number of rotatable bonds is 3. The van der Waals surface area contributed by atoms with Crippen molar-refractivity contribution in [1.29, 1.82) is 0 Å². The van der Waals surface area contributed by atoms with Crippen molar-refractivity contribution >= 4 is 33.1 Å². The highest BCUT2D eigenvalue weighted by Crippen LogP contribution is 2.27. The van der Waals surface area contributed by atoms with Crippen molar-refractivity contribution in [1.82, 2.24) is 9.97 Å². The Balaban J connectivity index is 1.58. The molecule has 4 nitrogen and oxygen atoms in total. The number of anilines is 1. The van der Waals surface area contributed by atoms with Gasteiger partial charge in [0.1, 0.15) is 5.69 Å². The highest BCUT2D eigenvalue weighted by atomic mass is 32.1. The number of nitrogens with zero attached hydrogens (tertiary/aromatic N) is 2. The summed E-state index contributed by atoms with van der Waals surface area (Å²) in [6, 6.07) is 19.7. The van der Waals surface area contributed by atoms with E-state index in [1.54, 1.807) is 24.4 Å². The first-order valence-electron chi connectivity index (χ1n) is 7.47. The quantitative estimate of drug-likeness (QED) is 0.596. The lowest BCUT2D eigenvalue weighted by molar-refractivity contribution is 0.102. The number of carbonyl (C=O) groups excluding carboxylic acids is 1. The zero-order chi connectivity index (χ0) is 16.4. The molecule has 4 rings (SSSR count). The third-order valence-corrected chi connectivity index (χ3v) is 4.43. The summed E-state index contributed by atoms with van der Waals surface area (Å²) in [5.74, 6) is -0.255. The molecule has 1 amide bonds. The minimum Gasteiger partial charge on any atom is -0.296 e. The van der Waals surface area contributed by atoms with Crippen LogP contribution in [0.4, 0.5) is 5.13 Å². The standard InChI is InChI=1S/C19H13N3OS/c23-18(16-7-3-4-10-20-16)22-19-21-17(12-24-19)15-9-8-13-5-1-2-6-14(13)11-15/h1-12H,(H,21,22,23). The van der Waals surface area contributed by atoms with Gasteiger partial charge in [-0.25, -0.2) is 4.98 Å². The van der Waals surface area contributed by atoms with E-state index >= 15 is 0 Å². The maximum absolute atomic E-state index is 12.1. The molecule has 2 aromatic heterocycles. The molecule has 0 radical (unpaired) electrons. The van der Waals surface area contributed by atoms with Gasteiger partial charge in [0.05, 0.1) is 5.69 Å². The predicted molar refractivity (Wildman–Crippen MR) is 97.2 cm³/mol. The molecule has 0 fully saturated rings. The third-order valence-electron chi connectivity index (χ3n) is 3.67. The van der Waals surface area contributed by atoms with Crippen molar-refractivity contribution in [3.05, 3.63) is 77.9 Å². The number of carbonyl (C=O) groups is 1. The Bertz CT molecular complexity index is 1010. The summed E-state index contributed by atoms with van der Waals surface area (Å²) in [5.41, 5.74) is 2.25. The molecule has 0 saturated heterocycles. The Labute approximate surface area is 142 Å². The molecule has 5 heteroatoms. The summed E-state index contributed by atoms with van der Waals surface area (Å²) >= 11 is 1.40. The Morgan fingerprint density at radius 3 is 2.62 bits per heavy atom. The largest absolute Gasteiger partial charge is 0.296 e. The first-order valence-corrected chi connectivity index (χ1v) is 8.35. The first kappa shape index (κ1) is 14.5. The number of hydrogen-bond donors (Lipinski definition) is 1. The highest BCUT2D eigenvalue weighted by molar-refractivity contribution is 7.14.